The van der Waals surface area contributed by atoms with Crippen LogP contribution < -0.4 is 9.64 Å². The third-order valence-corrected chi connectivity index (χ3v) is 2.76. The van der Waals surface area contributed by atoms with Gasteiger partial charge in [-0.3, -0.25) is 0 Å². The van der Waals surface area contributed by atoms with Crippen molar-refractivity contribution in [2.45, 2.75) is 0 Å². The van der Waals surface area contributed by atoms with E-state index in [0.29, 0.717) is 6.54 Å². The second-order valence-corrected chi connectivity index (χ2v) is 3.84. The first kappa shape index (κ1) is 11.7. The van der Waals surface area contributed by atoms with Crippen molar-refractivity contribution in [3.8, 4) is 5.75 Å². The standard InChI is InChI=1S/C13H16N2O2/c1-15(8-9-16)13-11-4-3-5-12(17-2)10(11)6-7-14-13/h3-7,16H,8-9H2,1-2H3. The van der Waals surface area contributed by atoms with Gasteiger partial charge in [0.25, 0.3) is 0 Å². The highest BCUT2D eigenvalue weighted by Gasteiger charge is 2.09. The number of aliphatic hydroxyl groups is 1. The van der Waals surface area contributed by atoms with Gasteiger partial charge in [0, 0.05) is 30.6 Å². The van der Waals surface area contributed by atoms with E-state index in [1.807, 2.05) is 36.2 Å². The number of nitrogens with zero attached hydrogens (tertiary/aromatic N) is 2. The lowest BCUT2D eigenvalue weighted by Crippen LogP contribution is -2.22. The highest BCUT2D eigenvalue weighted by atomic mass is 16.5. The number of anilines is 1. The summed E-state index contributed by atoms with van der Waals surface area (Å²) in [6, 6.07) is 7.82. The lowest BCUT2D eigenvalue weighted by molar-refractivity contribution is 0.304. The van der Waals surface area contributed by atoms with Crippen LogP contribution in [-0.4, -0.2) is 37.4 Å². The Bertz CT molecular complexity index is 514. The van der Waals surface area contributed by atoms with Crippen LogP contribution in [0.15, 0.2) is 30.5 Å². The summed E-state index contributed by atoms with van der Waals surface area (Å²) >= 11 is 0. The largest absolute Gasteiger partial charge is 0.496 e. The average Bonchev–Trinajstić information content (AvgIpc) is 2.37. The first-order valence-corrected chi connectivity index (χ1v) is 5.51. The number of aromatic nitrogens is 1. The number of methoxy groups -OCH3 is 1. The van der Waals surface area contributed by atoms with Gasteiger partial charge in [0.05, 0.1) is 13.7 Å². The zero-order valence-corrected chi connectivity index (χ0v) is 10.1. The molecule has 0 fully saturated rings. The van der Waals surface area contributed by atoms with E-state index >= 15 is 0 Å². The van der Waals surface area contributed by atoms with E-state index in [-0.39, 0.29) is 6.61 Å². The van der Waals surface area contributed by atoms with E-state index in [9.17, 15) is 0 Å². The van der Waals surface area contributed by atoms with Gasteiger partial charge in [-0.2, -0.15) is 0 Å². The van der Waals surface area contributed by atoms with Gasteiger partial charge in [0.2, 0.25) is 0 Å². The zero-order chi connectivity index (χ0) is 12.3. The maximum Gasteiger partial charge on any atom is 0.136 e. The third kappa shape index (κ3) is 2.17. The molecule has 1 N–H and O–H groups in total. The fourth-order valence-corrected chi connectivity index (χ4v) is 1.90. The highest BCUT2D eigenvalue weighted by Crippen LogP contribution is 2.30. The monoisotopic (exact) mass is 232 g/mol. The molecule has 1 heterocycles. The number of pyridine rings is 1. The van der Waals surface area contributed by atoms with Crippen molar-refractivity contribution in [1.82, 2.24) is 4.98 Å². The van der Waals surface area contributed by atoms with Crippen LogP contribution in [-0.2, 0) is 0 Å². The van der Waals surface area contributed by atoms with Crippen molar-refractivity contribution in [1.29, 1.82) is 0 Å². The molecule has 0 saturated carbocycles. The molecule has 0 amide bonds. The predicted molar refractivity (Wildman–Crippen MR) is 68.7 cm³/mol. The van der Waals surface area contributed by atoms with Gasteiger partial charge in [-0.15, -0.1) is 0 Å². The molecule has 4 nitrogen and oxygen atoms in total. The second kappa shape index (κ2) is 5.01. The summed E-state index contributed by atoms with van der Waals surface area (Å²) in [5.74, 6) is 1.69. The van der Waals surface area contributed by atoms with Crippen LogP contribution in [0.3, 0.4) is 0 Å². The topological polar surface area (TPSA) is 45.6 Å². The molecule has 0 radical (unpaired) electrons. The lowest BCUT2D eigenvalue weighted by Gasteiger charge is -2.19. The summed E-state index contributed by atoms with van der Waals surface area (Å²) in [4.78, 5) is 6.29. The molecule has 2 aromatic rings. The fourth-order valence-electron chi connectivity index (χ4n) is 1.90. The summed E-state index contributed by atoms with van der Waals surface area (Å²) in [5.41, 5.74) is 0. The fraction of sp³-hybridized carbons (Fsp3) is 0.308. The van der Waals surface area contributed by atoms with Gasteiger partial charge >= 0.3 is 0 Å². The van der Waals surface area contributed by atoms with Crippen molar-refractivity contribution < 1.29 is 9.84 Å². The smallest absolute Gasteiger partial charge is 0.136 e. The number of hydrogen-bond donors (Lipinski definition) is 1. The van der Waals surface area contributed by atoms with Crippen molar-refractivity contribution >= 4 is 16.6 Å². The van der Waals surface area contributed by atoms with Crippen LogP contribution >= 0.6 is 0 Å². The zero-order valence-electron chi connectivity index (χ0n) is 10.1. The third-order valence-electron chi connectivity index (χ3n) is 2.76. The Morgan fingerprint density at radius 1 is 1.29 bits per heavy atom. The van der Waals surface area contributed by atoms with E-state index in [1.54, 1.807) is 13.3 Å². The van der Waals surface area contributed by atoms with Crippen LogP contribution in [0.4, 0.5) is 5.82 Å². The Morgan fingerprint density at radius 2 is 2.12 bits per heavy atom. The Morgan fingerprint density at radius 3 is 2.82 bits per heavy atom. The lowest BCUT2D eigenvalue weighted by atomic mass is 10.1. The minimum Gasteiger partial charge on any atom is -0.496 e. The molecule has 2 rings (SSSR count). The molecule has 0 aliphatic carbocycles. The Kier molecular flexibility index (Phi) is 3.44. The van der Waals surface area contributed by atoms with Gasteiger partial charge in [-0.1, -0.05) is 12.1 Å². The number of ether oxygens (including phenoxy) is 1. The van der Waals surface area contributed by atoms with E-state index < -0.39 is 0 Å². The van der Waals surface area contributed by atoms with Gasteiger partial charge in [-0.25, -0.2) is 4.98 Å². The van der Waals surface area contributed by atoms with Crippen molar-refractivity contribution in [3.05, 3.63) is 30.5 Å². The van der Waals surface area contributed by atoms with E-state index in [0.717, 1.165) is 22.3 Å². The van der Waals surface area contributed by atoms with Gasteiger partial charge < -0.3 is 14.7 Å². The first-order chi connectivity index (χ1) is 8.27. The number of aliphatic hydroxyl groups excluding tert-OH is 1. The maximum atomic E-state index is 8.98. The molecule has 0 atom stereocenters. The maximum absolute atomic E-state index is 8.98. The summed E-state index contributed by atoms with van der Waals surface area (Å²) < 4.78 is 5.33. The quantitative estimate of drug-likeness (QED) is 0.871. The van der Waals surface area contributed by atoms with Crippen molar-refractivity contribution in [2.75, 3.05) is 32.2 Å². The van der Waals surface area contributed by atoms with Crippen molar-refractivity contribution in [2.24, 2.45) is 0 Å². The van der Waals surface area contributed by atoms with Crippen LogP contribution in [0.25, 0.3) is 10.8 Å². The Labute approximate surface area is 100 Å². The number of benzene rings is 1. The van der Waals surface area contributed by atoms with Gasteiger partial charge in [-0.05, 0) is 12.1 Å². The molecule has 90 valence electrons. The van der Waals surface area contributed by atoms with E-state index in [4.69, 9.17) is 9.84 Å². The molecule has 4 heteroatoms. The molecule has 0 bridgehead atoms. The van der Waals surface area contributed by atoms with Crippen LogP contribution in [0.2, 0.25) is 0 Å². The average molecular weight is 232 g/mol. The van der Waals surface area contributed by atoms with Crippen LogP contribution in [0.1, 0.15) is 0 Å². The van der Waals surface area contributed by atoms with Crippen LogP contribution in [0.5, 0.6) is 5.75 Å². The molecule has 0 aliphatic rings. The highest BCUT2D eigenvalue weighted by molar-refractivity contribution is 5.96. The SMILES string of the molecule is COc1cccc2c(N(C)CCO)nccc12. The summed E-state index contributed by atoms with van der Waals surface area (Å²) in [6.07, 6.45) is 1.76. The van der Waals surface area contributed by atoms with Gasteiger partial charge in [0.15, 0.2) is 0 Å². The summed E-state index contributed by atoms with van der Waals surface area (Å²) in [6.45, 7) is 0.669. The van der Waals surface area contributed by atoms with E-state index in [2.05, 4.69) is 4.98 Å². The van der Waals surface area contributed by atoms with E-state index in [1.165, 1.54) is 0 Å². The molecule has 0 unspecified atom stereocenters. The number of hydrogen-bond acceptors (Lipinski definition) is 4. The molecule has 1 aromatic heterocycles. The van der Waals surface area contributed by atoms with Crippen LogP contribution in [0, 0.1) is 0 Å². The Balaban J connectivity index is 2.57. The minimum atomic E-state index is 0.110. The summed E-state index contributed by atoms with van der Waals surface area (Å²) in [5, 5.41) is 11.0. The Hall–Kier alpha value is -1.81. The van der Waals surface area contributed by atoms with Gasteiger partial charge in [0.1, 0.15) is 11.6 Å². The minimum absolute atomic E-state index is 0.110. The normalized spacial score (nSPS) is 10.5. The number of rotatable bonds is 4. The molecule has 1 aromatic carbocycles. The molecule has 0 saturated heterocycles. The molecular weight excluding hydrogens is 216 g/mol. The molecule has 17 heavy (non-hydrogen) atoms. The number of fused-ring (bicyclic) bond motifs is 1. The number of likely N-dealkylation sites (N-methyl/N-ethyl adjacent to an activating group) is 1. The summed E-state index contributed by atoms with van der Waals surface area (Å²) in [7, 11) is 3.57. The predicted octanol–water partition coefficient (Wildman–Crippen LogP) is 1.67. The second-order valence-electron chi connectivity index (χ2n) is 3.84. The molecule has 0 aliphatic heterocycles. The van der Waals surface area contributed by atoms with Crippen molar-refractivity contribution in [3.63, 3.8) is 0 Å². The first-order valence-electron chi connectivity index (χ1n) is 5.51. The molecular formula is C13H16N2O2. The molecule has 0 spiro atoms.